The van der Waals surface area contributed by atoms with Crippen LogP contribution in [-0.4, -0.2) is 29.6 Å². The summed E-state index contributed by atoms with van der Waals surface area (Å²) < 4.78 is 0.631. The first-order valence-electron chi connectivity index (χ1n) is 6.54. The average molecular weight is 341 g/mol. The summed E-state index contributed by atoms with van der Waals surface area (Å²) in [5.41, 5.74) is 0.654. The SMILES string of the molecule is CC1CC(C(=O)Nc2cc(Br)cc(C(=O)O)c2)CCN1. The van der Waals surface area contributed by atoms with Gasteiger partial charge in [0.25, 0.3) is 0 Å². The molecule has 0 aliphatic carbocycles. The van der Waals surface area contributed by atoms with Crippen molar-refractivity contribution in [3.63, 3.8) is 0 Å². The standard InChI is InChI=1S/C14H17BrN2O3/c1-8-4-9(2-3-16-8)13(18)17-12-6-10(14(19)20)5-11(15)7-12/h5-9,16H,2-4H2,1H3,(H,17,18)(H,19,20). The molecule has 1 aliphatic rings. The first kappa shape index (κ1) is 15.0. The molecule has 1 aromatic rings. The van der Waals surface area contributed by atoms with Gasteiger partial charge in [0.1, 0.15) is 0 Å². The van der Waals surface area contributed by atoms with Gasteiger partial charge in [-0.25, -0.2) is 4.79 Å². The molecule has 2 atom stereocenters. The topological polar surface area (TPSA) is 78.4 Å². The molecule has 0 radical (unpaired) electrons. The third-order valence-electron chi connectivity index (χ3n) is 3.41. The summed E-state index contributed by atoms with van der Waals surface area (Å²) in [4.78, 5) is 23.2. The van der Waals surface area contributed by atoms with Crippen molar-refractivity contribution in [2.75, 3.05) is 11.9 Å². The van der Waals surface area contributed by atoms with Crippen molar-refractivity contribution in [1.82, 2.24) is 5.32 Å². The Morgan fingerprint density at radius 3 is 2.80 bits per heavy atom. The van der Waals surface area contributed by atoms with Crippen molar-refractivity contribution in [3.8, 4) is 0 Å². The number of amides is 1. The molecule has 1 aliphatic heterocycles. The summed E-state index contributed by atoms with van der Waals surface area (Å²) >= 11 is 3.25. The maximum atomic E-state index is 12.2. The van der Waals surface area contributed by atoms with Crippen LogP contribution in [0.2, 0.25) is 0 Å². The van der Waals surface area contributed by atoms with Crippen molar-refractivity contribution in [2.45, 2.75) is 25.8 Å². The molecule has 108 valence electrons. The van der Waals surface area contributed by atoms with Gasteiger partial charge >= 0.3 is 5.97 Å². The molecule has 20 heavy (non-hydrogen) atoms. The van der Waals surface area contributed by atoms with Gasteiger partial charge < -0.3 is 15.7 Å². The highest BCUT2D eigenvalue weighted by atomic mass is 79.9. The van der Waals surface area contributed by atoms with E-state index in [1.807, 2.05) is 0 Å². The van der Waals surface area contributed by atoms with E-state index in [4.69, 9.17) is 5.11 Å². The lowest BCUT2D eigenvalue weighted by Crippen LogP contribution is -2.40. The van der Waals surface area contributed by atoms with E-state index in [0.717, 1.165) is 19.4 Å². The minimum Gasteiger partial charge on any atom is -0.478 e. The number of hydrogen-bond acceptors (Lipinski definition) is 3. The molecule has 0 bridgehead atoms. The number of carbonyl (C=O) groups is 2. The molecule has 0 spiro atoms. The van der Waals surface area contributed by atoms with E-state index in [1.54, 1.807) is 6.07 Å². The highest BCUT2D eigenvalue weighted by Gasteiger charge is 2.24. The Morgan fingerprint density at radius 2 is 2.15 bits per heavy atom. The minimum absolute atomic E-state index is 0.0292. The van der Waals surface area contributed by atoms with Crippen LogP contribution in [0, 0.1) is 5.92 Å². The number of carbonyl (C=O) groups excluding carboxylic acids is 1. The van der Waals surface area contributed by atoms with Crippen LogP contribution in [0.1, 0.15) is 30.1 Å². The van der Waals surface area contributed by atoms with Crippen molar-refractivity contribution in [1.29, 1.82) is 0 Å². The molecule has 0 saturated carbocycles. The van der Waals surface area contributed by atoms with Gasteiger partial charge in [-0.3, -0.25) is 4.79 Å². The highest BCUT2D eigenvalue weighted by molar-refractivity contribution is 9.10. The Balaban J connectivity index is 2.09. The molecule has 2 rings (SSSR count). The summed E-state index contributed by atoms with van der Waals surface area (Å²) in [5.74, 6) is -1.09. The minimum atomic E-state index is -1.02. The number of rotatable bonds is 3. The average Bonchev–Trinajstić information content (AvgIpc) is 2.37. The van der Waals surface area contributed by atoms with Crippen molar-refractivity contribution in [2.24, 2.45) is 5.92 Å². The van der Waals surface area contributed by atoms with E-state index in [0.29, 0.717) is 16.2 Å². The number of benzene rings is 1. The normalized spacial score (nSPS) is 22.3. The van der Waals surface area contributed by atoms with Gasteiger partial charge in [-0.1, -0.05) is 15.9 Å². The van der Waals surface area contributed by atoms with Crippen molar-refractivity contribution < 1.29 is 14.7 Å². The Bertz CT molecular complexity index is 533. The second kappa shape index (κ2) is 6.37. The molecular formula is C14H17BrN2O3. The summed E-state index contributed by atoms with van der Waals surface area (Å²) in [6.07, 6.45) is 1.60. The van der Waals surface area contributed by atoms with Crippen molar-refractivity contribution >= 4 is 33.5 Å². The van der Waals surface area contributed by atoms with Crippen LogP contribution in [-0.2, 0) is 4.79 Å². The number of nitrogens with one attached hydrogen (secondary N) is 2. The van der Waals surface area contributed by atoms with Crippen LogP contribution in [0.4, 0.5) is 5.69 Å². The number of carboxylic acid groups (broad SMARTS) is 1. The van der Waals surface area contributed by atoms with Gasteiger partial charge in [0, 0.05) is 22.1 Å². The molecule has 1 aromatic carbocycles. The maximum absolute atomic E-state index is 12.2. The number of aromatic carboxylic acids is 1. The maximum Gasteiger partial charge on any atom is 0.335 e. The Kier molecular flexibility index (Phi) is 4.77. The fourth-order valence-electron chi connectivity index (χ4n) is 2.40. The van der Waals surface area contributed by atoms with Crippen molar-refractivity contribution in [3.05, 3.63) is 28.2 Å². The lowest BCUT2D eigenvalue weighted by atomic mass is 9.92. The molecule has 1 amide bonds. The van der Waals surface area contributed by atoms with E-state index < -0.39 is 5.97 Å². The lowest BCUT2D eigenvalue weighted by molar-refractivity contribution is -0.120. The summed E-state index contributed by atoms with van der Waals surface area (Å²) in [7, 11) is 0. The van der Waals surface area contributed by atoms with Crippen LogP contribution < -0.4 is 10.6 Å². The van der Waals surface area contributed by atoms with E-state index in [-0.39, 0.29) is 17.4 Å². The van der Waals surface area contributed by atoms with Gasteiger partial charge in [0.15, 0.2) is 0 Å². The van der Waals surface area contributed by atoms with Gasteiger partial charge in [-0.05, 0) is 44.5 Å². The summed E-state index contributed by atoms with van der Waals surface area (Å²) in [5, 5.41) is 15.1. The first-order chi connectivity index (χ1) is 9.45. The fourth-order valence-corrected chi connectivity index (χ4v) is 2.89. The predicted molar refractivity (Wildman–Crippen MR) is 79.9 cm³/mol. The largest absolute Gasteiger partial charge is 0.478 e. The molecule has 6 heteroatoms. The zero-order valence-electron chi connectivity index (χ0n) is 11.1. The predicted octanol–water partition coefficient (Wildman–Crippen LogP) is 2.47. The zero-order valence-corrected chi connectivity index (χ0v) is 12.7. The van der Waals surface area contributed by atoms with Gasteiger partial charge in [-0.2, -0.15) is 0 Å². The Morgan fingerprint density at radius 1 is 1.40 bits per heavy atom. The second-order valence-corrected chi connectivity index (χ2v) is 6.02. The number of carboxylic acids is 1. The molecule has 5 nitrogen and oxygen atoms in total. The van der Waals surface area contributed by atoms with Gasteiger partial charge in [0.05, 0.1) is 5.56 Å². The molecule has 3 N–H and O–H groups in total. The molecular weight excluding hydrogens is 324 g/mol. The first-order valence-corrected chi connectivity index (χ1v) is 7.33. The fraction of sp³-hybridized carbons (Fsp3) is 0.429. The van der Waals surface area contributed by atoms with Crippen LogP contribution in [0.15, 0.2) is 22.7 Å². The molecule has 2 unspecified atom stereocenters. The number of halogens is 1. The van der Waals surface area contributed by atoms with Crippen LogP contribution in [0.5, 0.6) is 0 Å². The summed E-state index contributed by atoms with van der Waals surface area (Å²) in [6.45, 7) is 2.89. The van der Waals surface area contributed by atoms with E-state index in [9.17, 15) is 9.59 Å². The summed E-state index contributed by atoms with van der Waals surface area (Å²) in [6, 6.07) is 5.01. The Labute approximate surface area is 125 Å². The third kappa shape index (κ3) is 3.80. The van der Waals surface area contributed by atoms with Crippen LogP contribution >= 0.6 is 15.9 Å². The molecule has 1 fully saturated rings. The Hall–Kier alpha value is -1.40. The van der Waals surface area contributed by atoms with Gasteiger partial charge in [0.2, 0.25) is 5.91 Å². The lowest BCUT2D eigenvalue weighted by Gasteiger charge is -2.27. The quantitative estimate of drug-likeness (QED) is 0.789. The van der Waals surface area contributed by atoms with E-state index >= 15 is 0 Å². The smallest absolute Gasteiger partial charge is 0.335 e. The van der Waals surface area contributed by atoms with E-state index in [2.05, 4.69) is 33.5 Å². The third-order valence-corrected chi connectivity index (χ3v) is 3.86. The number of hydrogen-bond donors (Lipinski definition) is 3. The highest BCUT2D eigenvalue weighted by Crippen LogP contribution is 2.22. The molecule has 1 heterocycles. The number of piperidine rings is 1. The molecule has 1 saturated heterocycles. The second-order valence-electron chi connectivity index (χ2n) is 5.10. The van der Waals surface area contributed by atoms with Gasteiger partial charge in [-0.15, -0.1) is 0 Å². The van der Waals surface area contributed by atoms with Crippen LogP contribution in [0.3, 0.4) is 0 Å². The monoisotopic (exact) mass is 340 g/mol. The molecule has 0 aromatic heterocycles. The van der Waals surface area contributed by atoms with Crippen LogP contribution in [0.25, 0.3) is 0 Å². The zero-order chi connectivity index (χ0) is 14.7. The van der Waals surface area contributed by atoms with E-state index in [1.165, 1.54) is 12.1 Å². The number of anilines is 1.